The van der Waals surface area contributed by atoms with E-state index < -0.39 is 0 Å². The summed E-state index contributed by atoms with van der Waals surface area (Å²) in [6.07, 6.45) is 1.87. The van der Waals surface area contributed by atoms with Gasteiger partial charge in [-0.25, -0.2) is 8.78 Å². The maximum Gasteiger partial charge on any atom is 0.128 e. The van der Waals surface area contributed by atoms with E-state index in [2.05, 4.69) is 33.0 Å². The van der Waals surface area contributed by atoms with Gasteiger partial charge in [0.1, 0.15) is 11.6 Å². The lowest BCUT2D eigenvalue weighted by atomic mass is 9.82. The van der Waals surface area contributed by atoms with Gasteiger partial charge in [0.15, 0.2) is 0 Å². The molecule has 1 rings (SSSR count). The van der Waals surface area contributed by atoms with Crippen LogP contribution in [0, 0.1) is 23.0 Å². The molecule has 0 fully saturated rings. The van der Waals surface area contributed by atoms with Crippen molar-refractivity contribution in [3.63, 3.8) is 0 Å². The molecule has 2 atom stereocenters. The first-order valence-corrected chi connectivity index (χ1v) is 7.41. The van der Waals surface area contributed by atoms with E-state index in [1.165, 1.54) is 18.2 Å². The van der Waals surface area contributed by atoms with Crippen LogP contribution in [0.3, 0.4) is 0 Å². The lowest BCUT2D eigenvalue weighted by molar-refractivity contribution is 0.275. The van der Waals surface area contributed by atoms with E-state index in [-0.39, 0.29) is 23.1 Å². The van der Waals surface area contributed by atoms with Crippen LogP contribution in [0.2, 0.25) is 0 Å². The molecule has 0 aromatic heterocycles. The van der Waals surface area contributed by atoms with Crippen LogP contribution >= 0.6 is 0 Å². The van der Waals surface area contributed by atoms with Gasteiger partial charge in [0.05, 0.1) is 0 Å². The molecule has 0 aliphatic rings. The summed E-state index contributed by atoms with van der Waals surface area (Å²) in [7, 11) is 0. The Labute approximate surface area is 121 Å². The summed E-state index contributed by atoms with van der Waals surface area (Å²) in [5, 5.41) is 3.28. The summed E-state index contributed by atoms with van der Waals surface area (Å²) in [6, 6.07) is 3.56. The van der Waals surface area contributed by atoms with Gasteiger partial charge < -0.3 is 5.32 Å². The number of rotatable bonds is 6. The second kappa shape index (κ2) is 7.16. The Morgan fingerprint density at radius 2 is 1.85 bits per heavy atom. The summed E-state index contributed by atoms with van der Waals surface area (Å²) in [6.45, 7) is 11.5. The molecule has 114 valence electrons. The molecule has 3 heteroatoms. The highest BCUT2D eigenvalue weighted by Gasteiger charge is 2.22. The molecule has 0 aliphatic heterocycles. The van der Waals surface area contributed by atoms with E-state index in [0.717, 1.165) is 19.4 Å². The summed E-state index contributed by atoms with van der Waals surface area (Å²) in [5.41, 5.74) is 0.684. The first kappa shape index (κ1) is 17.1. The van der Waals surface area contributed by atoms with Crippen LogP contribution in [-0.2, 0) is 0 Å². The third kappa shape index (κ3) is 5.58. The third-order valence-electron chi connectivity index (χ3n) is 3.38. The molecule has 20 heavy (non-hydrogen) atoms. The maximum absolute atomic E-state index is 13.9. The Bertz CT molecular complexity index is 423. The average Bonchev–Trinajstić information content (AvgIpc) is 2.29. The van der Waals surface area contributed by atoms with Gasteiger partial charge in [0.2, 0.25) is 0 Å². The molecule has 0 saturated carbocycles. The van der Waals surface area contributed by atoms with Crippen LogP contribution in [0.1, 0.15) is 59.1 Å². The van der Waals surface area contributed by atoms with Crippen LogP contribution in [-0.4, -0.2) is 6.54 Å². The van der Waals surface area contributed by atoms with E-state index in [9.17, 15) is 8.78 Å². The Balaban J connectivity index is 2.86. The minimum Gasteiger partial charge on any atom is -0.310 e. The molecule has 2 unspecified atom stereocenters. The quantitative estimate of drug-likeness (QED) is 0.768. The number of benzene rings is 1. The smallest absolute Gasteiger partial charge is 0.128 e. The molecule has 0 aliphatic carbocycles. The normalized spacial score (nSPS) is 15.2. The second-order valence-corrected chi connectivity index (χ2v) is 6.88. The lowest BCUT2D eigenvalue weighted by Crippen LogP contribution is -2.25. The number of nitrogens with one attached hydrogen (secondary N) is 1. The fraction of sp³-hybridized carbons (Fsp3) is 0.647. The third-order valence-corrected chi connectivity index (χ3v) is 3.38. The minimum absolute atomic E-state index is 0.131. The highest BCUT2D eigenvalue weighted by Crippen LogP contribution is 2.31. The number of hydrogen-bond acceptors (Lipinski definition) is 1. The lowest BCUT2D eigenvalue weighted by Gasteiger charge is -2.27. The predicted octanol–water partition coefficient (Wildman–Crippen LogP) is 5.08. The molecule has 0 bridgehead atoms. The Morgan fingerprint density at radius 1 is 1.20 bits per heavy atom. The standard InChI is InChI=1S/C17H27F2N/c1-6-20-16(9-12(2)11-17(3,4)5)14-10-13(18)7-8-15(14)19/h7-8,10,12,16,20H,6,9,11H2,1-5H3. The Morgan fingerprint density at radius 3 is 2.40 bits per heavy atom. The summed E-state index contributed by atoms with van der Waals surface area (Å²) in [5.74, 6) is -0.269. The Kier molecular flexibility index (Phi) is 6.12. The highest BCUT2D eigenvalue weighted by molar-refractivity contribution is 5.22. The summed E-state index contributed by atoms with van der Waals surface area (Å²) < 4.78 is 27.3. The molecule has 1 nitrogen and oxygen atoms in total. The topological polar surface area (TPSA) is 12.0 Å². The van der Waals surface area contributed by atoms with Gasteiger partial charge in [0, 0.05) is 11.6 Å². The van der Waals surface area contributed by atoms with Gasteiger partial charge in [-0.3, -0.25) is 0 Å². The second-order valence-electron chi connectivity index (χ2n) is 6.88. The molecule has 1 aromatic carbocycles. The van der Waals surface area contributed by atoms with Crippen molar-refractivity contribution in [2.75, 3.05) is 6.54 Å². The largest absolute Gasteiger partial charge is 0.310 e. The summed E-state index contributed by atoms with van der Waals surface area (Å²) in [4.78, 5) is 0. The fourth-order valence-corrected chi connectivity index (χ4v) is 2.88. The van der Waals surface area contributed by atoms with Crippen LogP contribution in [0.15, 0.2) is 18.2 Å². The van der Waals surface area contributed by atoms with Gasteiger partial charge >= 0.3 is 0 Å². The van der Waals surface area contributed by atoms with Crippen molar-refractivity contribution in [3.05, 3.63) is 35.4 Å². The zero-order valence-corrected chi connectivity index (χ0v) is 13.3. The van der Waals surface area contributed by atoms with Gasteiger partial charge in [-0.2, -0.15) is 0 Å². The van der Waals surface area contributed by atoms with E-state index >= 15 is 0 Å². The van der Waals surface area contributed by atoms with Crippen LogP contribution in [0.5, 0.6) is 0 Å². The van der Waals surface area contributed by atoms with Crippen molar-refractivity contribution < 1.29 is 8.78 Å². The minimum atomic E-state index is -0.382. The molecule has 0 spiro atoms. The molecular weight excluding hydrogens is 256 g/mol. The van der Waals surface area contributed by atoms with Crippen molar-refractivity contribution in [3.8, 4) is 0 Å². The van der Waals surface area contributed by atoms with Crippen molar-refractivity contribution in [1.29, 1.82) is 0 Å². The van der Waals surface area contributed by atoms with Crippen molar-refractivity contribution >= 4 is 0 Å². The van der Waals surface area contributed by atoms with Crippen LogP contribution in [0.25, 0.3) is 0 Å². The van der Waals surface area contributed by atoms with Crippen molar-refractivity contribution in [2.45, 2.75) is 53.5 Å². The first-order valence-electron chi connectivity index (χ1n) is 7.41. The SMILES string of the molecule is CCNC(CC(C)CC(C)(C)C)c1cc(F)ccc1F. The van der Waals surface area contributed by atoms with Crippen molar-refractivity contribution in [1.82, 2.24) is 5.32 Å². The van der Waals surface area contributed by atoms with E-state index in [1.807, 2.05) is 6.92 Å². The van der Waals surface area contributed by atoms with Crippen LogP contribution < -0.4 is 5.32 Å². The van der Waals surface area contributed by atoms with E-state index in [0.29, 0.717) is 11.5 Å². The predicted molar refractivity (Wildman–Crippen MR) is 80.6 cm³/mol. The molecule has 1 N–H and O–H groups in total. The highest BCUT2D eigenvalue weighted by atomic mass is 19.1. The molecule has 1 aromatic rings. The van der Waals surface area contributed by atoms with E-state index in [1.54, 1.807) is 0 Å². The molecule has 0 heterocycles. The number of hydrogen-bond donors (Lipinski definition) is 1. The Hall–Kier alpha value is -0.960. The average molecular weight is 283 g/mol. The van der Waals surface area contributed by atoms with Crippen LogP contribution in [0.4, 0.5) is 8.78 Å². The molecular formula is C17H27F2N. The molecule has 0 radical (unpaired) electrons. The van der Waals surface area contributed by atoms with Gasteiger partial charge in [-0.15, -0.1) is 0 Å². The van der Waals surface area contributed by atoms with Gasteiger partial charge in [0.25, 0.3) is 0 Å². The first-order chi connectivity index (χ1) is 9.23. The fourth-order valence-electron chi connectivity index (χ4n) is 2.88. The molecule has 0 amide bonds. The van der Waals surface area contributed by atoms with Gasteiger partial charge in [-0.1, -0.05) is 34.6 Å². The summed E-state index contributed by atoms with van der Waals surface area (Å²) >= 11 is 0. The maximum atomic E-state index is 13.9. The van der Waals surface area contributed by atoms with Gasteiger partial charge in [-0.05, 0) is 48.9 Å². The zero-order chi connectivity index (χ0) is 15.3. The molecule has 0 saturated heterocycles. The van der Waals surface area contributed by atoms with Crippen molar-refractivity contribution in [2.24, 2.45) is 11.3 Å². The van der Waals surface area contributed by atoms with E-state index in [4.69, 9.17) is 0 Å². The number of halogens is 2. The monoisotopic (exact) mass is 283 g/mol. The zero-order valence-electron chi connectivity index (χ0n) is 13.3.